The van der Waals surface area contributed by atoms with Gasteiger partial charge >= 0.3 is 0 Å². The van der Waals surface area contributed by atoms with Crippen molar-refractivity contribution in [1.82, 2.24) is 9.97 Å². The Morgan fingerprint density at radius 1 is 0.889 bits per heavy atom. The summed E-state index contributed by atoms with van der Waals surface area (Å²) in [4.78, 5) is 11.8. The van der Waals surface area contributed by atoms with Gasteiger partial charge in [0.1, 0.15) is 5.82 Å². The lowest BCUT2D eigenvalue weighted by Gasteiger charge is -2.27. The molecule has 0 radical (unpaired) electrons. The molecule has 1 saturated heterocycles. The minimum Gasteiger partial charge on any atom is -0.378 e. The van der Waals surface area contributed by atoms with E-state index in [0.717, 1.165) is 41.8 Å². The van der Waals surface area contributed by atoms with Crippen LogP contribution in [0.25, 0.3) is 11.3 Å². The molecule has 0 aliphatic carbocycles. The Balaban J connectivity index is 1.73. The van der Waals surface area contributed by atoms with Gasteiger partial charge in [-0.15, -0.1) is 0 Å². The van der Waals surface area contributed by atoms with Crippen LogP contribution in [0.4, 0.5) is 17.5 Å². The maximum absolute atomic E-state index is 5.48. The van der Waals surface area contributed by atoms with Crippen molar-refractivity contribution in [3.05, 3.63) is 65.7 Å². The van der Waals surface area contributed by atoms with Crippen molar-refractivity contribution in [2.24, 2.45) is 0 Å². The van der Waals surface area contributed by atoms with Crippen molar-refractivity contribution in [3.8, 4) is 11.3 Å². The highest BCUT2D eigenvalue weighted by Crippen LogP contribution is 2.26. The van der Waals surface area contributed by atoms with Crippen LogP contribution in [0.3, 0.4) is 0 Å². The third kappa shape index (κ3) is 4.26. The van der Waals surface area contributed by atoms with Gasteiger partial charge in [0.15, 0.2) is 0 Å². The summed E-state index contributed by atoms with van der Waals surface area (Å²) in [5.41, 5.74) is 5.49. The van der Waals surface area contributed by atoms with Crippen LogP contribution in [0.5, 0.6) is 0 Å². The smallest absolute Gasteiger partial charge is 0.228 e. The van der Waals surface area contributed by atoms with E-state index in [-0.39, 0.29) is 0 Å². The number of benzene rings is 2. The third-order valence-corrected chi connectivity index (χ3v) is 4.57. The first-order valence-electron chi connectivity index (χ1n) is 9.30. The molecule has 0 saturated carbocycles. The fourth-order valence-corrected chi connectivity index (χ4v) is 3.35. The lowest BCUT2D eigenvalue weighted by molar-refractivity contribution is 0.122. The maximum atomic E-state index is 5.48. The molecule has 0 atom stereocenters. The van der Waals surface area contributed by atoms with Crippen LogP contribution < -0.4 is 10.2 Å². The number of morpholine rings is 1. The summed E-state index contributed by atoms with van der Waals surface area (Å²) in [6.45, 7) is 7.24. The molecule has 1 fully saturated rings. The number of hydrogen-bond donors (Lipinski definition) is 1. The lowest BCUT2D eigenvalue weighted by Crippen LogP contribution is -2.37. The second-order valence-electron chi connectivity index (χ2n) is 6.91. The second kappa shape index (κ2) is 7.76. The Labute approximate surface area is 160 Å². The molecule has 138 valence electrons. The number of anilines is 3. The Morgan fingerprint density at radius 2 is 1.59 bits per heavy atom. The minimum absolute atomic E-state index is 0.707. The zero-order valence-electron chi connectivity index (χ0n) is 15.8. The standard InChI is InChI=1S/C22H24N4O/c1-16-12-17(2)14-19(13-16)23-21-15-20(18-6-4-3-5-7-18)24-22(25-21)26-8-10-27-11-9-26/h3-7,12-15H,8-11H2,1-2H3,(H,23,24,25). The normalized spacial score (nSPS) is 14.2. The van der Waals surface area contributed by atoms with Gasteiger partial charge in [0.25, 0.3) is 0 Å². The first kappa shape index (κ1) is 17.5. The molecule has 1 aromatic heterocycles. The van der Waals surface area contributed by atoms with E-state index in [1.54, 1.807) is 0 Å². The molecule has 0 unspecified atom stereocenters. The highest BCUT2D eigenvalue weighted by Gasteiger charge is 2.16. The van der Waals surface area contributed by atoms with Crippen LogP contribution in [0.1, 0.15) is 11.1 Å². The van der Waals surface area contributed by atoms with E-state index in [9.17, 15) is 0 Å². The molecule has 0 amide bonds. The van der Waals surface area contributed by atoms with Gasteiger partial charge in [-0.25, -0.2) is 4.98 Å². The molecule has 5 heteroatoms. The van der Waals surface area contributed by atoms with Gasteiger partial charge < -0.3 is 15.0 Å². The summed E-state index contributed by atoms with van der Waals surface area (Å²) >= 11 is 0. The molecular weight excluding hydrogens is 336 g/mol. The predicted octanol–water partition coefficient (Wildman–Crippen LogP) is 4.34. The van der Waals surface area contributed by atoms with E-state index < -0.39 is 0 Å². The molecule has 2 heterocycles. The quantitative estimate of drug-likeness (QED) is 0.750. The zero-order valence-corrected chi connectivity index (χ0v) is 15.8. The lowest BCUT2D eigenvalue weighted by atomic mass is 10.1. The summed E-state index contributed by atoms with van der Waals surface area (Å²) in [6, 6.07) is 18.7. The Morgan fingerprint density at radius 3 is 2.30 bits per heavy atom. The van der Waals surface area contributed by atoms with Crippen molar-refractivity contribution < 1.29 is 4.74 Å². The van der Waals surface area contributed by atoms with E-state index >= 15 is 0 Å². The molecule has 2 aromatic carbocycles. The van der Waals surface area contributed by atoms with Gasteiger partial charge in [-0.2, -0.15) is 4.98 Å². The Kier molecular flexibility index (Phi) is 5.03. The summed E-state index contributed by atoms with van der Waals surface area (Å²) in [5.74, 6) is 1.54. The SMILES string of the molecule is Cc1cc(C)cc(Nc2cc(-c3ccccc3)nc(N3CCOCC3)n2)c1. The molecule has 4 rings (SSSR count). The molecule has 0 spiro atoms. The highest BCUT2D eigenvalue weighted by atomic mass is 16.5. The first-order valence-corrected chi connectivity index (χ1v) is 9.30. The van der Waals surface area contributed by atoms with Gasteiger partial charge in [-0.1, -0.05) is 36.4 Å². The predicted molar refractivity (Wildman–Crippen MR) is 110 cm³/mol. The largest absolute Gasteiger partial charge is 0.378 e. The van der Waals surface area contributed by atoms with Crippen LogP contribution >= 0.6 is 0 Å². The van der Waals surface area contributed by atoms with Crippen LogP contribution in [0.15, 0.2) is 54.6 Å². The van der Waals surface area contributed by atoms with Gasteiger partial charge in [0.2, 0.25) is 5.95 Å². The maximum Gasteiger partial charge on any atom is 0.228 e. The topological polar surface area (TPSA) is 50.3 Å². The molecule has 1 N–H and O–H groups in total. The second-order valence-corrected chi connectivity index (χ2v) is 6.91. The first-order chi connectivity index (χ1) is 13.2. The summed E-state index contributed by atoms with van der Waals surface area (Å²) in [6.07, 6.45) is 0. The fraction of sp³-hybridized carbons (Fsp3) is 0.273. The molecular formula is C22H24N4O. The number of aryl methyl sites for hydroxylation is 2. The van der Waals surface area contributed by atoms with Crippen LogP contribution in [0.2, 0.25) is 0 Å². The minimum atomic E-state index is 0.707. The monoisotopic (exact) mass is 360 g/mol. The number of ether oxygens (including phenoxy) is 1. The number of rotatable bonds is 4. The van der Waals surface area contributed by atoms with Crippen molar-refractivity contribution in [3.63, 3.8) is 0 Å². The summed E-state index contributed by atoms with van der Waals surface area (Å²) in [7, 11) is 0. The average Bonchev–Trinajstić information content (AvgIpc) is 2.68. The van der Waals surface area contributed by atoms with Crippen molar-refractivity contribution in [1.29, 1.82) is 0 Å². The molecule has 1 aliphatic heterocycles. The number of nitrogens with one attached hydrogen (secondary N) is 1. The number of hydrogen-bond acceptors (Lipinski definition) is 5. The van der Waals surface area contributed by atoms with Crippen LogP contribution in [-0.4, -0.2) is 36.3 Å². The van der Waals surface area contributed by atoms with Crippen LogP contribution in [-0.2, 0) is 4.74 Å². The third-order valence-electron chi connectivity index (χ3n) is 4.57. The van der Waals surface area contributed by atoms with E-state index in [1.165, 1.54) is 11.1 Å². The Hall–Kier alpha value is -2.92. The van der Waals surface area contributed by atoms with E-state index in [4.69, 9.17) is 14.7 Å². The van der Waals surface area contributed by atoms with Gasteiger partial charge in [-0.05, 0) is 37.1 Å². The number of nitrogens with zero attached hydrogens (tertiary/aromatic N) is 3. The highest BCUT2D eigenvalue weighted by molar-refractivity contribution is 5.68. The van der Waals surface area contributed by atoms with E-state index in [0.29, 0.717) is 13.2 Å². The van der Waals surface area contributed by atoms with Crippen molar-refractivity contribution >= 4 is 17.5 Å². The van der Waals surface area contributed by atoms with Gasteiger partial charge in [0.05, 0.1) is 18.9 Å². The average molecular weight is 360 g/mol. The molecule has 5 nitrogen and oxygen atoms in total. The Bertz CT molecular complexity index is 901. The molecule has 27 heavy (non-hydrogen) atoms. The van der Waals surface area contributed by atoms with Crippen LogP contribution in [0, 0.1) is 13.8 Å². The molecule has 3 aromatic rings. The van der Waals surface area contributed by atoms with Crippen molar-refractivity contribution in [2.45, 2.75) is 13.8 Å². The number of aromatic nitrogens is 2. The fourth-order valence-electron chi connectivity index (χ4n) is 3.35. The zero-order chi connectivity index (χ0) is 18.6. The summed E-state index contributed by atoms with van der Waals surface area (Å²) in [5, 5.41) is 3.47. The summed E-state index contributed by atoms with van der Waals surface area (Å²) < 4.78 is 5.48. The molecule has 0 bridgehead atoms. The van der Waals surface area contributed by atoms with E-state index in [1.807, 2.05) is 24.3 Å². The molecule has 1 aliphatic rings. The van der Waals surface area contributed by atoms with Crippen molar-refractivity contribution in [2.75, 3.05) is 36.5 Å². The van der Waals surface area contributed by atoms with Gasteiger partial charge in [-0.3, -0.25) is 0 Å². The van der Waals surface area contributed by atoms with E-state index in [2.05, 4.69) is 54.4 Å². The van der Waals surface area contributed by atoms with Gasteiger partial charge in [0, 0.05) is 30.4 Å².